The molecule has 0 fully saturated rings. The van der Waals surface area contributed by atoms with Crippen molar-refractivity contribution < 1.29 is 4.74 Å². The van der Waals surface area contributed by atoms with Crippen LogP contribution in [0, 0.1) is 0 Å². The Morgan fingerprint density at radius 2 is 1.95 bits per heavy atom. The van der Waals surface area contributed by atoms with E-state index in [1.165, 1.54) is 0 Å². The van der Waals surface area contributed by atoms with Crippen molar-refractivity contribution in [1.82, 2.24) is 14.8 Å². The fourth-order valence-electron chi connectivity index (χ4n) is 1.65. The highest BCUT2D eigenvalue weighted by Gasteiger charge is 2.16. The molecule has 2 rings (SSSR count). The topological polar surface area (TPSA) is 66.0 Å². The van der Waals surface area contributed by atoms with Gasteiger partial charge < -0.3 is 10.5 Å². The van der Waals surface area contributed by atoms with E-state index in [4.69, 9.17) is 10.5 Å². The van der Waals surface area contributed by atoms with E-state index < -0.39 is 0 Å². The van der Waals surface area contributed by atoms with Gasteiger partial charge in [0.1, 0.15) is 6.33 Å². The van der Waals surface area contributed by atoms with E-state index in [1.54, 1.807) is 13.4 Å². The lowest BCUT2D eigenvalue weighted by Crippen LogP contribution is -2.24. The second kappa shape index (κ2) is 5.40. The number of aromatic nitrogens is 3. The summed E-state index contributed by atoms with van der Waals surface area (Å²) in [5.74, 6) is 0.718. The van der Waals surface area contributed by atoms with E-state index in [2.05, 4.69) is 23.9 Å². The van der Waals surface area contributed by atoms with Gasteiger partial charge in [-0.2, -0.15) is 5.10 Å². The lowest BCUT2D eigenvalue weighted by atomic mass is 10.1. The molecule has 0 spiro atoms. The van der Waals surface area contributed by atoms with E-state index >= 15 is 0 Å². The normalized spacial score (nSPS) is 11.7. The van der Waals surface area contributed by atoms with Gasteiger partial charge in [0.15, 0.2) is 5.82 Å². The van der Waals surface area contributed by atoms with Gasteiger partial charge in [0.25, 0.3) is 0 Å². The number of nitrogens with two attached hydrogens (primary N) is 1. The van der Waals surface area contributed by atoms with Gasteiger partial charge in [-0.1, -0.05) is 0 Å². The van der Waals surface area contributed by atoms with Gasteiger partial charge in [-0.05, 0) is 44.5 Å². The summed E-state index contributed by atoms with van der Waals surface area (Å²) in [6, 6.07) is 7.55. The van der Waals surface area contributed by atoms with Crippen LogP contribution in [0.25, 0.3) is 11.4 Å². The SMILES string of the molecule is COC(C)(C)CCn1cnc(-c2ccc(N)cc2)n1. The summed E-state index contributed by atoms with van der Waals surface area (Å²) in [6.07, 6.45) is 2.63. The maximum absolute atomic E-state index is 5.66. The molecule has 2 aromatic rings. The van der Waals surface area contributed by atoms with E-state index in [1.807, 2.05) is 28.9 Å². The van der Waals surface area contributed by atoms with Crippen molar-refractivity contribution in [2.75, 3.05) is 12.8 Å². The summed E-state index contributed by atoms with van der Waals surface area (Å²) in [5, 5.41) is 4.46. The van der Waals surface area contributed by atoms with Gasteiger partial charge in [0.2, 0.25) is 0 Å². The third kappa shape index (κ3) is 3.54. The van der Waals surface area contributed by atoms with Gasteiger partial charge in [-0.3, -0.25) is 4.68 Å². The minimum atomic E-state index is -0.146. The van der Waals surface area contributed by atoms with E-state index in [9.17, 15) is 0 Å². The molecule has 19 heavy (non-hydrogen) atoms. The molecular formula is C14H20N4O. The molecule has 0 unspecified atom stereocenters. The Balaban J connectivity index is 2.05. The van der Waals surface area contributed by atoms with Crippen molar-refractivity contribution in [3.63, 3.8) is 0 Å². The summed E-state index contributed by atoms with van der Waals surface area (Å²) in [7, 11) is 1.72. The third-order valence-electron chi connectivity index (χ3n) is 3.20. The minimum Gasteiger partial charge on any atom is -0.399 e. The number of anilines is 1. The van der Waals surface area contributed by atoms with Gasteiger partial charge in [0, 0.05) is 24.9 Å². The number of nitrogen functional groups attached to an aromatic ring is 1. The molecule has 5 heteroatoms. The largest absolute Gasteiger partial charge is 0.399 e. The molecule has 0 amide bonds. The van der Waals surface area contributed by atoms with Crippen molar-refractivity contribution in [1.29, 1.82) is 0 Å². The zero-order valence-electron chi connectivity index (χ0n) is 11.6. The van der Waals surface area contributed by atoms with Gasteiger partial charge >= 0.3 is 0 Å². The van der Waals surface area contributed by atoms with Crippen LogP contribution >= 0.6 is 0 Å². The number of hydrogen-bond acceptors (Lipinski definition) is 4. The maximum atomic E-state index is 5.66. The third-order valence-corrected chi connectivity index (χ3v) is 3.20. The molecule has 0 atom stereocenters. The highest BCUT2D eigenvalue weighted by Crippen LogP contribution is 2.17. The summed E-state index contributed by atoms with van der Waals surface area (Å²) < 4.78 is 7.23. The monoisotopic (exact) mass is 260 g/mol. The number of rotatable bonds is 5. The van der Waals surface area contributed by atoms with Crippen LogP contribution in [0.15, 0.2) is 30.6 Å². The van der Waals surface area contributed by atoms with Crippen LogP contribution < -0.4 is 5.73 Å². The molecule has 5 nitrogen and oxygen atoms in total. The standard InChI is InChI=1S/C14H20N4O/c1-14(2,19-3)8-9-18-10-16-13(17-18)11-4-6-12(15)7-5-11/h4-7,10H,8-9,15H2,1-3H3. The molecule has 2 N–H and O–H groups in total. The number of ether oxygens (including phenoxy) is 1. The van der Waals surface area contributed by atoms with E-state index in [-0.39, 0.29) is 5.60 Å². The Kier molecular flexibility index (Phi) is 3.85. The fourth-order valence-corrected chi connectivity index (χ4v) is 1.65. The van der Waals surface area contributed by atoms with Gasteiger partial charge in [-0.25, -0.2) is 4.98 Å². The predicted molar refractivity (Wildman–Crippen MR) is 75.6 cm³/mol. The van der Waals surface area contributed by atoms with Crippen molar-refractivity contribution >= 4 is 5.69 Å². The van der Waals surface area contributed by atoms with Crippen LogP contribution in [0.3, 0.4) is 0 Å². The Bertz CT molecular complexity index is 531. The first-order valence-electron chi connectivity index (χ1n) is 6.31. The molecule has 1 aromatic heterocycles. The van der Waals surface area contributed by atoms with Crippen molar-refractivity contribution in [2.24, 2.45) is 0 Å². The first kappa shape index (κ1) is 13.5. The second-order valence-electron chi connectivity index (χ2n) is 5.17. The average Bonchev–Trinajstić information content (AvgIpc) is 2.86. The van der Waals surface area contributed by atoms with Crippen LogP contribution in [0.2, 0.25) is 0 Å². The van der Waals surface area contributed by atoms with Crippen LogP contribution in [-0.4, -0.2) is 27.5 Å². The lowest BCUT2D eigenvalue weighted by molar-refractivity contribution is 0.0113. The Hall–Kier alpha value is -1.88. The second-order valence-corrected chi connectivity index (χ2v) is 5.17. The smallest absolute Gasteiger partial charge is 0.181 e. The van der Waals surface area contributed by atoms with Crippen molar-refractivity contribution in [3.8, 4) is 11.4 Å². The zero-order chi connectivity index (χ0) is 13.9. The molecule has 0 aliphatic carbocycles. The van der Waals surface area contributed by atoms with Crippen LogP contribution in [-0.2, 0) is 11.3 Å². The van der Waals surface area contributed by atoms with E-state index in [0.717, 1.165) is 30.0 Å². The molecule has 1 aromatic carbocycles. The maximum Gasteiger partial charge on any atom is 0.181 e. The Morgan fingerprint density at radius 3 is 2.58 bits per heavy atom. The van der Waals surface area contributed by atoms with Gasteiger partial charge in [0.05, 0.1) is 5.60 Å². The molecule has 0 bridgehead atoms. The molecule has 0 radical (unpaired) electrons. The molecular weight excluding hydrogens is 240 g/mol. The van der Waals surface area contributed by atoms with Crippen LogP contribution in [0.4, 0.5) is 5.69 Å². The van der Waals surface area contributed by atoms with Gasteiger partial charge in [-0.15, -0.1) is 0 Å². The molecule has 0 aliphatic rings. The quantitative estimate of drug-likeness (QED) is 0.838. The highest BCUT2D eigenvalue weighted by atomic mass is 16.5. The average molecular weight is 260 g/mol. The molecule has 0 saturated heterocycles. The Morgan fingerprint density at radius 1 is 1.26 bits per heavy atom. The van der Waals surface area contributed by atoms with Crippen LogP contribution in [0.1, 0.15) is 20.3 Å². The summed E-state index contributed by atoms with van der Waals surface area (Å²) in [4.78, 5) is 4.31. The molecule has 0 aliphatic heterocycles. The van der Waals surface area contributed by atoms with Crippen LogP contribution in [0.5, 0.6) is 0 Å². The summed E-state index contributed by atoms with van der Waals surface area (Å²) in [6.45, 7) is 4.90. The first-order chi connectivity index (χ1) is 9.00. The molecule has 1 heterocycles. The Labute approximate surface area is 113 Å². The predicted octanol–water partition coefficient (Wildman–Crippen LogP) is 2.34. The number of hydrogen-bond donors (Lipinski definition) is 1. The van der Waals surface area contributed by atoms with E-state index in [0.29, 0.717) is 0 Å². The number of methoxy groups -OCH3 is 1. The van der Waals surface area contributed by atoms with Crippen molar-refractivity contribution in [2.45, 2.75) is 32.4 Å². The molecule has 102 valence electrons. The summed E-state index contributed by atoms with van der Waals surface area (Å²) in [5.41, 5.74) is 7.23. The highest BCUT2D eigenvalue weighted by molar-refractivity contribution is 5.57. The number of benzene rings is 1. The number of aryl methyl sites for hydroxylation is 1. The first-order valence-corrected chi connectivity index (χ1v) is 6.31. The lowest BCUT2D eigenvalue weighted by Gasteiger charge is -2.22. The summed E-state index contributed by atoms with van der Waals surface area (Å²) >= 11 is 0. The molecule has 0 saturated carbocycles. The fraction of sp³-hybridized carbons (Fsp3) is 0.429. The zero-order valence-corrected chi connectivity index (χ0v) is 11.6. The number of nitrogens with zero attached hydrogens (tertiary/aromatic N) is 3. The minimum absolute atomic E-state index is 0.146. The van der Waals surface area contributed by atoms with Crippen molar-refractivity contribution in [3.05, 3.63) is 30.6 Å².